The van der Waals surface area contributed by atoms with Crippen LogP contribution in [0.25, 0.3) is 0 Å². The van der Waals surface area contributed by atoms with Gasteiger partial charge in [-0.3, -0.25) is 4.99 Å². The third-order valence-electron chi connectivity index (χ3n) is 3.65. The van der Waals surface area contributed by atoms with Crippen molar-refractivity contribution in [1.29, 1.82) is 0 Å². The van der Waals surface area contributed by atoms with Gasteiger partial charge < -0.3 is 10.6 Å². The molecule has 1 aliphatic rings. The van der Waals surface area contributed by atoms with Crippen LogP contribution in [0.3, 0.4) is 0 Å². The lowest BCUT2D eigenvalue weighted by Gasteiger charge is -2.24. The van der Waals surface area contributed by atoms with Crippen molar-refractivity contribution in [2.45, 2.75) is 50.8 Å². The van der Waals surface area contributed by atoms with Crippen molar-refractivity contribution in [3.63, 3.8) is 0 Å². The van der Waals surface area contributed by atoms with Crippen molar-refractivity contribution < 1.29 is 0 Å². The predicted molar refractivity (Wildman–Crippen MR) is 94.5 cm³/mol. The second-order valence-corrected chi connectivity index (χ2v) is 8.59. The zero-order valence-corrected chi connectivity index (χ0v) is 15.0. The molecule has 1 atom stereocenters. The van der Waals surface area contributed by atoms with E-state index in [4.69, 9.17) is 0 Å². The van der Waals surface area contributed by atoms with Gasteiger partial charge in [0, 0.05) is 29.6 Å². The van der Waals surface area contributed by atoms with Gasteiger partial charge in [-0.05, 0) is 25.5 Å². The molecule has 0 radical (unpaired) electrons. The lowest BCUT2D eigenvalue weighted by atomic mass is 10.1. The summed E-state index contributed by atoms with van der Waals surface area (Å²) >= 11 is 3.80. The van der Waals surface area contributed by atoms with E-state index in [0.29, 0.717) is 10.7 Å². The van der Waals surface area contributed by atoms with Gasteiger partial charge >= 0.3 is 0 Å². The lowest BCUT2D eigenvalue weighted by Crippen LogP contribution is -2.43. The highest BCUT2D eigenvalue weighted by Crippen LogP contribution is 2.36. The number of guanidine groups is 1. The molecule has 1 fully saturated rings. The highest BCUT2D eigenvalue weighted by atomic mass is 32.2. The van der Waals surface area contributed by atoms with E-state index in [1.807, 2.05) is 7.05 Å². The highest BCUT2D eigenvalue weighted by molar-refractivity contribution is 8.00. The van der Waals surface area contributed by atoms with Gasteiger partial charge in [-0.15, -0.1) is 11.3 Å². The smallest absolute Gasteiger partial charge is 0.191 e. The highest BCUT2D eigenvalue weighted by Gasteiger charge is 2.29. The van der Waals surface area contributed by atoms with Crippen LogP contribution in [0.4, 0.5) is 0 Å². The van der Waals surface area contributed by atoms with E-state index in [-0.39, 0.29) is 0 Å². The molecule has 0 aliphatic carbocycles. The minimum absolute atomic E-state index is 0.350. The van der Waals surface area contributed by atoms with Gasteiger partial charge in [0.1, 0.15) is 0 Å². The Balaban J connectivity index is 1.79. The molecule has 0 amide bonds. The van der Waals surface area contributed by atoms with Gasteiger partial charge in [-0.2, -0.15) is 11.8 Å². The fourth-order valence-corrected chi connectivity index (χ4v) is 4.39. The standard InChI is InChI=1S/C15H26N4S2/c1-11(2)13-19-12(9-20-13)8-17-14(16-4)18-10-15(3)6-5-7-21-15/h9,11H,5-8,10H2,1-4H3,(H2,16,17,18). The summed E-state index contributed by atoms with van der Waals surface area (Å²) in [6.07, 6.45) is 2.61. The summed E-state index contributed by atoms with van der Waals surface area (Å²) in [4.78, 5) is 8.93. The molecule has 0 aromatic carbocycles. The van der Waals surface area contributed by atoms with Crippen molar-refractivity contribution in [2.24, 2.45) is 4.99 Å². The van der Waals surface area contributed by atoms with Crippen LogP contribution in [0.5, 0.6) is 0 Å². The number of rotatable bonds is 5. The van der Waals surface area contributed by atoms with Crippen LogP contribution >= 0.6 is 23.1 Å². The second-order valence-electron chi connectivity index (χ2n) is 6.01. The molecule has 6 heteroatoms. The number of aliphatic imine (C=N–C) groups is 1. The van der Waals surface area contributed by atoms with Crippen molar-refractivity contribution in [1.82, 2.24) is 15.6 Å². The maximum Gasteiger partial charge on any atom is 0.191 e. The normalized spacial score (nSPS) is 22.8. The maximum atomic E-state index is 4.64. The van der Waals surface area contributed by atoms with Crippen LogP contribution in [0.1, 0.15) is 50.2 Å². The van der Waals surface area contributed by atoms with E-state index in [2.05, 4.69) is 58.5 Å². The van der Waals surface area contributed by atoms with E-state index >= 15 is 0 Å². The molecule has 1 unspecified atom stereocenters. The molecule has 4 nitrogen and oxygen atoms in total. The van der Waals surface area contributed by atoms with E-state index in [9.17, 15) is 0 Å². The average molecular weight is 327 g/mol. The number of hydrogen-bond acceptors (Lipinski definition) is 4. The Morgan fingerprint density at radius 2 is 2.29 bits per heavy atom. The van der Waals surface area contributed by atoms with E-state index in [1.165, 1.54) is 23.6 Å². The molecule has 0 spiro atoms. The first-order valence-corrected chi connectivity index (χ1v) is 9.42. The Hall–Kier alpha value is -0.750. The minimum atomic E-state index is 0.350. The first-order valence-electron chi connectivity index (χ1n) is 7.55. The van der Waals surface area contributed by atoms with Gasteiger partial charge in [0.15, 0.2) is 5.96 Å². The van der Waals surface area contributed by atoms with Crippen LogP contribution < -0.4 is 10.6 Å². The predicted octanol–water partition coefficient (Wildman–Crippen LogP) is 3.22. The quantitative estimate of drug-likeness (QED) is 0.644. The third kappa shape index (κ3) is 4.88. The minimum Gasteiger partial charge on any atom is -0.355 e. The van der Waals surface area contributed by atoms with Crippen molar-refractivity contribution >= 4 is 29.1 Å². The summed E-state index contributed by atoms with van der Waals surface area (Å²) < 4.78 is 0.350. The molecule has 1 aliphatic heterocycles. The number of aromatic nitrogens is 1. The van der Waals surface area contributed by atoms with Gasteiger partial charge in [0.25, 0.3) is 0 Å². The van der Waals surface area contributed by atoms with Crippen LogP contribution in [0, 0.1) is 0 Å². The average Bonchev–Trinajstić information content (AvgIpc) is 3.08. The van der Waals surface area contributed by atoms with Crippen LogP contribution in [0.15, 0.2) is 10.4 Å². The molecule has 2 heterocycles. The Kier molecular flexibility index (Phi) is 5.93. The summed E-state index contributed by atoms with van der Waals surface area (Å²) in [7, 11) is 1.82. The monoisotopic (exact) mass is 326 g/mol. The van der Waals surface area contributed by atoms with Gasteiger partial charge in [0.05, 0.1) is 17.2 Å². The largest absolute Gasteiger partial charge is 0.355 e. The Labute approximate surface area is 136 Å². The van der Waals surface area contributed by atoms with Crippen LogP contribution in [0.2, 0.25) is 0 Å². The number of nitrogens with zero attached hydrogens (tertiary/aromatic N) is 2. The van der Waals surface area contributed by atoms with E-state index in [0.717, 1.165) is 24.7 Å². The van der Waals surface area contributed by atoms with Gasteiger partial charge in [0.2, 0.25) is 0 Å². The second kappa shape index (κ2) is 7.49. The maximum absolute atomic E-state index is 4.64. The molecular formula is C15H26N4S2. The van der Waals surface area contributed by atoms with Crippen LogP contribution in [-0.4, -0.2) is 35.0 Å². The summed E-state index contributed by atoms with van der Waals surface area (Å²) in [6.45, 7) is 8.38. The molecule has 2 rings (SSSR count). The SMILES string of the molecule is CN=C(NCc1csc(C(C)C)n1)NCC1(C)CCCS1. The van der Waals surface area contributed by atoms with Crippen LogP contribution in [-0.2, 0) is 6.54 Å². The van der Waals surface area contributed by atoms with E-state index in [1.54, 1.807) is 11.3 Å². The number of thioether (sulfide) groups is 1. The lowest BCUT2D eigenvalue weighted by molar-refractivity contribution is 0.584. The fraction of sp³-hybridized carbons (Fsp3) is 0.733. The van der Waals surface area contributed by atoms with Crippen molar-refractivity contribution in [3.8, 4) is 0 Å². The Morgan fingerprint density at radius 3 is 2.86 bits per heavy atom. The Bertz CT molecular complexity index is 476. The molecule has 1 aromatic rings. The zero-order valence-electron chi connectivity index (χ0n) is 13.4. The van der Waals surface area contributed by atoms with Gasteiger partial charge in [-0.25, -0.2) is 4.98 Å². The molecule has 0 saturated carbocycles. The molecular weight excluding hydrogens is 300 g/mol. The zero-order chi connectivity index (χ0) is 15.3. The fourth-order valence-electron chi connectivity index (χ4n) is 2.31. The topological polar surface area (TPSA) is 49.3 Å². The first kappa shape index (κ1) is 16.6. The summed E-state index contributed by atoms with van der Waals surface area (Å²) in [5.74, 6) is 2.64. The Morgan fingerprint density at radius 1 is 1.48 bits per heavy atom. The number of thiazole rings is 1. The summed E-state index contributed by atoms with van der Waals surface area (Å²) in [6, 6.07) is 0. The molecule has 118 valence electrons. The van der Waals surface area contributed by atoms with Gasteiger partial charge in [-0.1, -0.05) is 13.8 Å². The van der Waals surface area contributed by atoms with Crippen molar-refractivity contribution in [3.05, 3.63) is 16.1 Å². The third-order valence-corrected chi connectivity index (χ3v) is 6.39. The molecule has 1 saturated heterocycles. The molecule has 1 aromatic heterocycles. The molecule has 21 heavy (non-hydrogen) atoms. The summed E-state index contributed by atoms with van der Waals surface area (Å²) in [5, 5.41) is 10.1. The molecule has 2 N–H and O–H groups in total. The number of hydrogen-bond donors (Lipinski definition) is 2. The first-order chi connectivity index (χ1) is 10.0. The number of nitrogens with one attached hydrogen (secondary N) is 2. The molecule has 0 bridgehead atoms. The summed E-state index contributed by atoms with van der Waals surface area (Å²) in [5.41, 5.74) is 1.09. The van der Waals surface area contributed by atoms with Crippen molar-refractivity contribution in [2.75, 3.05) is 19.3 Å². The van der Waals surface area contributed by atoms with E-state index < -0.39 is 0 Å².